The summed E-state index contributed by atoms with van der Waals surface area (Å²) < 4.78 is 0.911. The lowest BCUT2D eigenvalue weighted by molar-refractivity contribution is -0.118. The highest BCUT2D eigenvalue weighted by molar-refractivity contribution is 9.10. The van der Waals surface area contributed by atoms with Crippen LogP contribution in [0.2, 0.25) is 0 Å². The van der Waals surface area contributed by atoms with Gasteiger partial charge >= 0.3 is 0 Å². The Morgan fingerprint density at radius 2 is 1.90 bits per heavy atom. The van der Waals surface area contributed by atoms with Gasteiger partial charge in [-0.15, -0.1) is 0 Å². The average Bonchev–Trinajstić information content (AvgIpc) is 2.47. The van der Waals surface area contributed by atoms with Gasteiger partial charge in [0.05, 0.1) is 11.4 Å². The predicted molar refractivity (Wildman–Crippen MR) is 91.3 cm³/mol. The van der Waals surface area contributed by atoms with Crippen LogP contribution in [0, 0.1) is 0 Å². The van der Waals surface area contributed by atoms with E-state index in [9.17, 15) is 4.79 Å². The van der Waals surface area contributed by atoms with Crippen LogP contribution in [-0.2, 0) is 11.2 Å². The van der Waals surface area contributed by atoms with Crippen molar-refractivity contribution >= 4 is 33.2 Å². The molecule has 2 aromatic carbocycles. The second kappa shape index (κ2) is 7.27. The lowest BCUT2D eigenvalue weighted by Crippen LogP contribution is -2.26. The van der Waals surface area contributed by atoms with Crippen LogP contribution in [0.1, 0.15) is 18.4 Å². The number of nitrogens with zero attached hydrogens (tertiary/aromatic N) is 1. The van der Waals surface area contributed by atoms with Crippen molar-refractivity contribution in [2.24, 2.45) is 0 Å². The fraction of sp³-hybridized carbons (Fsp3) is 0.235. The molecule has 0 aliphatic carbocycles. The van der Waals surface area contributed by atoms with Crippen LogP contribution in [0.4, 0.5) is 11.4 Å². The highest BCUT2D eigenvalue weighted by Gasteiger charge is 2.13. The number of benzene rings is 2. The van der Waals surface area contributed by atoms with E-state index >= 15 is 0 Å². The minimum Gasteiger partial charge on any atom is -0.397 e. The summed E-state index contributed by atoms with van der Waals surface area (Å²) in [5.41, 5.74) is 8.57. The van der Waals surface area contributed by atoms with Crippen LogP contribution in [0.3, 0.4) is 0 Å². The SMILES string of the molecule is CN(C(=O)CCCc1ccccc1)c1ccc(Br)cc1N. The minimum absolute atomic E-state index is 0.0833. The van der Waals surface area contributed by atoms with Crippen molar-refractivity contribution < 1.29 is 4.79 Å². The first kappa shape index (κ1) is 15.6. The number of nitrogen functional groups attached to an aromatic ring is 1. The zero-order chi connectivity index (χ0) is 15.2. The van der Waals surface area contributed by atoms with Gasteiger partial charge in [0, 0.05) is 17.9 Å². The maximum Gasteiger partial charge on any atom is 0.226 e. The van der Waals surface area contributed by atoms with Crippen molar-refractivity contribution in [3.05, 3.63) is 58.6 Å². The van der Waals surface area contributed by atoms with E-state index in [0.29, 0.717) is 12.1 Å². The summed E-state index contributed by atoms with van der Waals surface area (Å²) in [6, 6.07) is 15.8. The van der Waals surface area contributed by atoms with Crippen LogP contribution in [0.15, 0.2) is 53.0 Å². The van der Waals surface area contributed by atoms with Crippen molar-refractivity contribution in [2.45, 2.75) is 19.3 Å². The Hall–Kier alpha value is -1.81. The van der Waals surface area contributed by atoms with Crippen LogP contribution in [-0.4, -0.2) is 13.0 Å². The third-order valence-corrected chi connectivity index (χ3v) is 3.92. The molecule has 0 heterocycles. The second-order valence-corrected chi connectivity index (χ2v) is 5.91. The molecule has 1 amide bonds. The smallest absolute Gasteiger partial charge is 0.226 e. The van der Waals surface area contributed by atoms with Crippen LogP contribution >= 0.6 is 15.9 Å². The third-order valence-electron chi connectivity index (χ3n) is 3.42. The lowest BCUT2D eigenvalue weighted by atomic mass is 10.1. The molecular formula is C17H19BrN2O. The zero-order valence-electron chi connectivity index (χ0n) is 12.1. The quantitative estimate of drug-likeness (QED) is 0.831. The van der Waals surface area contributed by atoms with Crippen LogP contribution < -0.4 is 10.6 Å². The Balaban J connectivity index is 1.90. The molecule has 2 N–H and O–H groups in total. The molecule has 21 heavy (non-hydrogen) atoms. The summed E-state index contributed by atoms with van der Waals surface area (Å²) in [7, 11) is 1.77. The minimum atomic E-state index is 0.0833. The summed E-state index contributed by atoms with van der Waals surface area (Å²) in [5.74, 6) is 0.0833. The Bertz CT molecular complexity index is 613. The number of nitrogens with two attached hydrogens (primary N) is 1. The average molecular weight is 347 g/mol. The van der Waals surface area contributed by atoms with E-state index in [1.165, 1.54) is 5.56 Å². The monoisotopic (exact) mass is 346 g/mol. The van der Waals surface area contributed by atoms with Gasteiger partial charge in [0.1, 0.15) is 0 Å². The molecule has 4 heteroatoms. The summed E-state index contributed by atoms with van der Waals surface area (Å²) in [6.07, 6.45) is 2.26. The van der Waals surface area contributed by atoms with Gasteiger partial charge in [-0.2, -0.15) is 0 Å². The van der Waals surface area contributed by atoms with Gasteiger partial charge < -0.3 is 10.6 Å². The maximum absolute atomic E-state index is 12.2. The van der Waals surface area contributed by atoms with Crippen molar-refractivity contribution in [1.29, 1.82) is 0 Å². The second-order valence-electron chi connectivity index (χ2n) is 5.00. The maximum atomic E-state index is 12.2. The Morgan fingerprint density at radius 3 is 2.57 bits per heavy atom. The number of hydrogen-bond acceptors (Lipinski definition) is 2. The number of hydrogen-bond donors (Lipinski definition) is 1. The summed E-state index contributed by atoms with van der Waals surface area (Å²) in [6.45, 7) is 0. The van der Waals surface area contributed by atoms with Crippen LogP contribution in [0.5, 0.6) is 0 Å². The van der Waals surface area contributed by atoms with Gasteiger partial charge in [0.2, 0.25) is 5.91 Å². The standard InChI is InChI=1S/C17H19BrN2O/c1-20(16-11-10-14(18)12-15(16)19)17(21)9-5-8-13-6-3-2-4-7-13/h2-4,6-7,10-12H,5,8-9,19H2,1H3. The molecule has 0 unspecified atom stereocenters. The normalized spacial score (nSPS) is 10.4. The molecule has 0 fully saturated rings. The Labute approximate surface area is 133 Å². The molecule has 0 aliphatic rings. The van der Waals surface area contributed by atoms with Gasteiger partial charge in [-0.25, -0.2) is 0 Å². The molecule has 0 aliphatic heterocycles. The van der Waals surface area contributed by atoms with E-state index in [0.717, 1.165) is 23.0 Å². The van der Waals surface area contributed by atoms with Crippen molar-refractivity contribution in [1.82, 2.24) is 0 Å². The van der Waals surface area contributed by atoms with E-state index in [1.807, 2.05) is 36.4 Å². The molecular weight excluding hydrogens is 328 g/mol. The van der Waals surface area contributed by atoms with Crippen molar-refractivity contribution in [2.75, 3.05) is 17.7 Å². The number of carbonyl (C=O) groups excluding carboxylic acids is 1. The molecule has 0 saturated carbocycles. The first-order valence-corrected chi connectivity index (χ1v) is 7.73. The van der Waals surface area contributed by atoms with Gasteiger partial charge in [-0.05, 0) is 36.6 Å². The first-order valence-electron chi connectivity index (χ1n) is 6.93. The lowest BCUT2D eigenvalue weighted by Gasteiger charge is -2.19. The molecule has 0 atom stereocenters. The van der Waals surface area contributed by atoms with Gasteiger partial charge in [0.15, 0.2) is 0 Å². The fourth-order valence-electron chi connectivity index (χ4n) is 2.22. The largest absolute Gasteiger partial charge is 0.397 e. The van der Waals surface area contributed by atoms with Gasteiger partial charge in [-0.1, -0.05) is 46.3 Å². The van der Waals surface area contributed by atoms with E-state index in [1.54, 1.807) is 11.9 Å². The first-order chi connectivity index (χ1) is 10.1. The van der Waals surface area contributed by atoms with Gasteiger partial charge in [-0.3, -0.25) is 4.79 Å². The number of aryl methyl sites for hydroxylation is 1. The molecule has 110 valence electrons. The topological polar surface area (TPSA) is 46.3 Å². The molecule has 0 spiro atoms. The number of amides is 1. The molecule has 0 radical (unpaired) electrons. The fourth-order valence-corrected chi connectivity index (χ4v) is 2.60. The Kier molecular flexibility index (Phi) is 5.39. The number of anilines is 2. The summed E-state index contributed by atoms with van der Waals surface area (Å²) in [4.78, 5) is 13.9. The van der Waals surface area contributed by atoms with Crippen LogP contribution in [0.25, 0.3) is 0 Å². The third kappa shape index (κ3) is 4.33. The predicted octanol–water partition coefficient (Wildman–Crippen LogP) is 4.02. The number of carbonyl (C=O) groups is 1. The Morgan fingerprint density at radius 1 is 1.19 bits per heavy atom. The van der Waals surface area contributed by atoms with E-state index in [-0.39, 0.29) is 5.91 Å². The van der Waals surface area contributed by atoms with E-state index in [4.69, 9.17) is 5.73 Å². The molecule has 0 aromatic heterocycles. The molecule has 0 bridgehead atoms. The van der Waals surface area contributed by atoms with Crippen molar-refractivity contribution in [3.8, 4) is 0 Å². The summed E-state index contributed by atoms with van der Waals surface area (Å²) >= 11 is 3.37. The summed E-state index contributed by atoms with van der Waals surface area (Å²) in [5, 5.41) is 0. The van der Waals surface area contributed by atoms with E-state index < -0.39 is 0 Å². The number of rotatable bonds is 5. The highest BCUT2D eigenvalue weighted by atomic mass is 79.9. The van der Waals surface area contributed by atoms with E-state index in [2.05, 4.69) is 28.1 Å². The highest BCUT2D eigenvalue weighted by Crippen LogP contribution is 2.26. The molecule has 2 aromatic rings. The van der Waals surface area contributed by atoms with Crippen molar-refractivity contribution in [3.63, 3.8) is 0 Å². The molecule has 0 saturated heterocycles. The molecule has 3 nitrogen and oxygen atoms in total. The van der Waals surface area contributed by atoms with Gasteiger partial charge in [0.25, 0.3) is 0 Å². The molecule has 2 rings (SSSR count). The zero-order valence-corrected chi connectivity index (χ0v) is 13.6. The number of halogens is 1.